The Bertz CT molecular complexity index is 710. The molecule has 126 valence electrons. The molecule has 24 heavy (non-hydrogen) atoms. The summed E-state index contributed by atoms with van der Waals surface area (Å²) in [6.07, 6.45) is 0.280. The van der Waals surface area contributed by atoms with E-state index in [0.29, 0.717) is 5.69 Å². The first kappa shape index (κ1) is 17.7. The van der Waals surface area contributed by atoms with Gasteiger partial charge in [0, 0.05) is 17.6 Å². The van der Waals surface area contributed by atoms with Crippen molar-refractivity contribution in [2.24, 2.45) is 11.8 Å². The minimum absolute atomic E-state index is 0.280. The van der Waals surface area contributed by atoms with E-state index in [-0.39, 0.29) is 6.42 Å². The maximum Gasteiger partial charge on any atom is 0.228 e. The molecule has 4 nitrogen and oxygen atoms in total. The Labute approximate surface area is 140 Å². The maximum atomic E-state index is 12.9. The third-order valence-corrected chi connectivity index (χ3v) is 4.00. The second kappa shape index (κ2) is 7.73. The van der Waals surface area contributed by atoms with Crippen molar-refractivity contribution in [2.45, 2.75) is 20.3 Å². The topological polar surface area (TPSA) is 69.2 Å². The molecule has 0 spiro atoms. The average molecular weight is 328 g/mol. The first-order chi connectivity index (χ1) is 11.4. The van der Waals surface area contributed by atoms with Crippen LogP contribution in [0.2, 0.25) is 0 Å². The lowest BCUT2D eigenvalue weighted by atomic mass is 9.87. The number of halogens is 1. The summed E-state index contributed by atoms with van der Waals surface area (Å²) in [5, 5.41) is 13.9. The summed E-state index contributed by atoms with van der Waals surface area (Å²) in [6.45, 7) is 3.41. The van der Waals surface area contributed by atoms with Gasteiger partial charge in [-0.25, -0.2) is 4.39 Å². The van der Waals surface area contributed by atoms with Gasteiger partial charge in [0.15, 0.2) is 0 Å². The van der Waals surface area contributed by atoms with E-state index >= 15 is 0 Å². The number of benzene rings is 2. The Morgan fingerprint density at radius 3 is 2.21 bits per heavy atom. The number of carbonyl (C=O) groups excluding carboxylic acids is 2. The number of hydrogen-bond donors (Lipinski definition) is 1. The smallest absolute Gasteiger partial charge is 0.228 e. The molecule has 0 saturated heterocycles. The van der Waals surface area contributed by atoms with Crippen molar-refractivity contribution < 1.29 is 19.1 Å². The highest BCUT2D eigenvalue weighted by atomic mass is 19.1. The fraction of sp³-hybridized carbons (Fsp3) is 0.263. The number of aryl methyl sites for hydroxylation is 1. The van der Waals surface area contributed by atoms with Gasteiger partial charge in [-0.3, -0.25) is 4.79 Å². The Kier molecular flexibility index (Phi) is 5.68. The quantitative estimate of drug-likeness (QED) is 0.885. The molecule has 2 atom stereocenters. The molecular formula is C19H19FNO3-. The van der Waals surface area contributed by atoms with Crippen molar-refractivity contribution in [2.75, 3.05) is 5.32 Å². The van der Waals surface area contributed by atoms with Crippen LogP contribution in [-0.4, -0.2) is 11.9 Å². The summed E-state index contributed by atoms with van der Waals surface area (Å²) in [4.78, 5) is 23.8. The SMILES string of the molecule is Cc1ccc(CC(C(=O)Nc2ccc(F)cc2)C(C)C(=O)[O-])cc1. The molecule has 0 fully saturated rings. The van der Waals surface area contributed by atoms with Crippen molar-refractivity contribution in [3.05, 3.63) is 65.5 Å². The Morgan fingerprint density at radius 2 is 1.67 bits per heavy atom. The van der Waals surface area contributed by atoms with Gasteiger partial charge in [-0.2, -0.15) is 0 Å². The highest BCUT2D eigenvalue weighted by molar-refractivity contribution is 5.95. The number of aliphatic carboxylic acids is 1. The fourth-order valence-electron chi connectivity index (χ4n) is 2.41. The number of nitrogens with one attached hydrogen (secondary N) is 1. The van der Waals surface area contributed by atoms with Crippen molar-refractivity contribution >= 4 is 17.6 Å². The summed E-state index contributed by atoms with van der Waals surface area (Å²) in [7, 11) is 0. The van der Waals surface area contributed by atoms with Crippen LogP contribution < -0.4 is 10.4 Å². The van der Waals surface area contributed by atoms with E-state index in [1.807, 2.05) is 31.2 Å². The van der Waals surface area contributed by atoms with Gasteiger partial charge >= 0.3 is 0 Å². The average Bonchev–Trinajstić information content (AvgIpc) is 2.55. The van der Waals surface area contributed by atoms with Crippen molar-refractivity contribution in [3.63, 3.8) is 0 Å². The normalized spacial score (nSPS) is 13.1. The third-order valence-electron chi connectivity index (χ3n) is 4.00. The molecule has 1 amide bonds. The second-order valence-electron chi connectivity index (χ2n) is 5.90. The monoisotopic (exact) mass is 328 g/mol. The van der Waals surface area contributed by atoms with Crippen LogP contribution in [0.1, 0.15) is 18.1 Å². The molecule has 2 aromatic carbocycles. The third kappa shape index (κ3) is 4.65. The molecule has 0 saturated carbocycles. The number of carboxylic acids is 1. The van der Waals surface area contributed by atoms with Gasteiger partial charge in [-0.15, -0.1) is 0 Å². The van der Waals surface area contributed by atoms with Crippen LogP contribution in [-0.2, 0) is 16.0 Å². The summed E-state index contributed by atoms with van der Waals surface area (Å²) in [5.41, 5.74) is 2.37. The lowest BCUT2D eigenvalue weighted by molar-refractivity contribution is -0.312. The van der Waals surface area contributed by atoms with Gasteiger partial charge in [0.2, 0.25) is 5.91 Å². The predicted octanol–water partition coefficient (Wildman–Crippen LogP) is 2.32. The molecule has 2 aromatic rings. The van der Waals surface area contributed by atoms with Gasteiger partial charge in [-0.1, -0.05) is 36.8 Å². The highest BCUT2D eigenvalue weighted by Crippen LogP contribution is 2.21. The molecule has 0 aromatic heterocycles. The summed E-state index contributed by atoms with van der Waals surface area (Å²) < 4.78 is 12.9. The number of hydrogen-bond acceptors (Lipinski definition) is 3. The van der Waals surface area contributed by atoms with Crippen molar-refractivity contribution in [3.8, 4) is 0 Å². The van der Waals surface area contributed by atoms with E-state index in [1.165, 1.54) is 31.2 Å². The summed E-state index contributed by atoms with van der Waals surface area (Å²) >= 11 is 0. The Morgan fingerprint density at radius 1 is 1.08 bits per heavy atom. The van der Waals surface area contributed by atoms with Crippen LogP contribution in [0.5, 0.6) is 0 Å². The number of rotatable bonds is 6. The van der Waals surface area contributed by atoms with E-state index in [9.17, 15) is 19.1 Å². The van der Waals surface area contributed by atoms with E-state index in [1.54, 1.807) is 0 Å². The molecular weight excluding hydrogens is 309 g/mol. The van der Waals surface area contributed by atoms with Crippen molar-refractivity contribution in [1.29, 1.82) is 0 Å². The number of amides is 1. The molecule has 0 heterocycles. The molecule has 2 unspecified atom stereocenters. The zero-order chi connectivity index (χ0) is 17.7. The van der Waals surface area contributed by atoms with Gasteiger partial charge in [0.25, 0.3) is 0 Å². The molecule has 0 radical (unpaired) electrons. The van der Waals surface area contributed by atoms with Crippen LogP contribution in [0.25, 0.3) is 0 Å². The van der Waals surface area contributed by atoms with Gasteiger partial charge < -0.3 is 15.2 Å². The standard InChI is InChI=1S/C19H20FNO3/c1-12-3-5-14(6-4-12)11-17(13(2)19(23)24)18(22)21-16-9-7-15(20)8-10-16/h3-10,13,17H,11H2,1-2H3,(H,21,22)(H,23,24)/p-1. The van der Waals surface area contributed by atoms with Crippen LogP contribution >= 0.6 is 0 Å². The largest absolute Gasteiger partial charge is 0.550 e. The second-order valence-corrected chi connectivity index (χ2v) is 5.90. The summed E-state index contributed by atoms with van der Waals surface area (Å²) in [6, 6.07) is 12.9. The molecule has 0 bridgehead atoms. The van der Waals surface area contributed by atoms with Crippen LogP contribution in [0.15, 0.2) is 48.5 Å². The van der Waals surface area contributed by atoms with E-state index < -0.39 is 29.5 Å². The fourth-order valence-corrected chi connectivity index (χ4v) is 2.41. The number of anilines is 1. The van der Waals surface area contributed by atoms with Crippen LogP contribution in [0.3, 0.4) is 0 Å². The van der Waals surface area contributed by atoms with E-state index in [4.69, 9.17) is 0 Å². The molecule has 0 aliphatic carbocycles. The molecule has 5 heteroatoms. The Hall–Kier alpha value is -2.69. The lowest BCUT2D eigenvalue weighted by Gasteiger charge is -2.24. The molecule has 2 rings (SSSR count). The van der Waals surface area contributed by atoms with E-state index in [2.05, 4.69) is 5.32 Å². The Balaban J connectivity index is 2.18. The zero-order valence-corrected chi connectivity index (χ0v) is 13.6. The lowest BCUT2D eigenvalue weighted by Crippen LogP contribution is -2.40. The number of carbonyl (C=O) groups is 2. The zero-order valence-electron chi connectivity index (χ0n) is 13.6. The molecule has 0 aliphatic heterocycles. The van der Waals surface area contributed by atoms with Gasteiger partial charge in [0.05, 0.1) is 5.92 Å². The summed E-state index contributed by atoms with van der Waals surface area (Å²) in [5.74, 6) is -3.86. The van der Waals surface area contributed by atoms with Crippen molar-refractivity contribution in [1.82, 2.24) is 0 Å². The predicted molar refractivity (Wildman–Crippen MR) is 87.6 cm³/mol. The van der Waals surface area contributed by atoms with Crippen LogP contribution in [0.4, 0.5) is 10.1 Å². The first-order valence-corrected chi connectivity index (χ1v) is 7.69. The first-order valence-electron chi connectivity index (χ1n) is 7.69. The highest BCUT2D eigenvalue weighted by Gasteiger charge is 2.26. The molecule has 0 aliphatic rings. The van der Waals surface area contributed by atoms with Gasteiger partial charge in [0.1, 0.15) is 5.82 Å². The van der Waals surface area contributed by atoms with Crippen LogP contribution in [0, 0.1) is 24.6 Å². The van der Waals surface area contributed by atoms with E-state index in [0.717, 1.165) is 11.1 Å². The number of carboxylic acid groups (broad SMARTS) is 1. The maximum absolute atomic E-state index is 12.9. The minimum atomic E-state index is -1.28. The minimum Gasteiger partial charge on any atom is -0.550 e. The van der Waals surface area contributed by atoms with Gasteiger partial charge in [-0.05, 0) is 43.2 Å². The molecule has 1 N–H and O–H groups in total.